The van der Waals surface area contributed by atoms with Gasteiger partial charge in [0.25, 0.3) is 5.91 Å². The summed E-state index contributed by atoms with van der Waals surface area (Å²) in [5.41, 5.74) is 10.1. The number of rotatable bonds is 5. The first-order valence-electron chi connectivity index (χ1n) is 8.83. The zero-order chi connectivity index (χ0) is 20.3. The van der Waals surface area contributed by atoms with Crippen molar-refractivity contribution in [3.05, 3.63) is 75.7 Å². The third-order valence-electron chi connectivity index (χ3n) is 4.52. The van der Waals surface area contributed by atoms with Crippen molar-refractivity contribution in [3.63, 3.8) is 0 Å². The first kappa shape index (κ1) is 19.9. The van der Waals surface area contributed by atoms with Gasteiger partial charge in [-0.25, -0.2) is 4.39 Å². The molecule has 0 radical (unpaired) electrons. The summed E-state index contributed by atoms with van der Waals surface area (Å²) >= 11 is 6.03. The Hall–Kier alpha value is -2.86. The first-order valence-corrected chi connectivity index (χ1v) is 9.21. The van der Waals surface area contributed by atoms with Gasteiger partial charge in [0, 0.05) is 54.4 Å². The highest BCUT2D eigenvalue weighted by atomic mass is 35.5. The predicted octanol–water partition coefficient (Wildman–Crippen LogP) is 3.48. The van der Waals surface area contributed by atoms with E-state index in [0.717, 1.165) is 22.5 Å². The molecule has 2 N–H and O–H groups in total. The number of carbonyl (C=O) groups excluding carboxylic acids is 1. The predicted molar refractivity (Wildman–Crippen MR) is 111 cm³/mol. The van der Waals surface area contributed by atoms with Gasteiger partial charge < -0.3 is 15.5 Å². The summed E-state index contributed by atoms with van der Waals surface area (Å²) in [4.78, 5) is 20.2. The molecule has 2 aromatic rings. The summed E-state index contributed by atoms with van der Waals surface area (Å²) < 4.78 is 13.1. The molecular weight excluding hydrogens is 379 g/mol. The fourth-order valence-electron chi connectivity index (χ4n) is 2.97. The maximum absolute atomic E-state index is 13.1. The second-order valence-corrected chi connectivity index (χ2v) is 7.27. The van der Waals surface area contributed by atoms with Crippen LogP contribution in [-0.2, 0) is 6.54 Å². The molecule has 0 aliphatic carbocycles. The quantitative estimate of drug-likeness (QED) is 0.781. The minimum absolute atomic E-state index is 0.0417. The lowest BCUT2D eigenvalue weighted by molar-refractivity contribution is 0.0827. The van der Waals surface area contributed by atoms with E-state index >= 15 is 0 Å². The van der Waals surface area contributed by atoms with Crippen molar-refractivity contribution in [2.24, 2.45) is 10.7 Å². The highest BCUT2D eigenvalue weighted by Crippen LogP contribution is 2.23. The lowest BCUT2D eigenvalue weighted by Crippen LogP contribution is -2.24. The molecule has 0 bridgehead atoms. The Bertz CT molecular complexity index is 955. The van der Waals surface area contributed by atoms with Gasteiger partial charge in [-0.05, 0) is 35.9 Å². The SMILES string of the molecule is CN(C)C(=O)c1cccc(N2CC(N)=C(C=NCc3ccc(F)cc3Cl)C2)c1. The molecule has 1 amide bonds. The Labute approximate surface area is 168 Å². The van der Waals surface area contributed by atoms with Crippen molar-refractivity contribution in [3.8, 4) is 0 Å². The van der Waals surface area contributed by atoms with E-state index in [1.165, 1.54) is 12.1 Å². The fraction of sp³-hybridized carbons (Fsp3) is 0.238. The van der Waals surface area contributed by atoms with Gasteiger partial charge in [-0.2, -0.15) is 0 Å². The molecule has 0 unspecified atom stereocenters. The van der Waals surface area contributed by atoms with Gasteiger partial charge in [0.15, 0.2) is 0 Å². The smallest absolute Gasteiger partial charge is 0.253 e. The number of benzene rings is 2. The normalized spacial score (nSPS) is 14.2. The molecule has 5 nitrogen and oxygen atoms in total. The van der Waals surface area contributed by atoms with E-state index in [1.54, 1.807) is 37.3 Å². The Kier molecular flexibility index (Phi) is 5.99. The minimum Gasteiger partial charge on any atom is -0.400 e. The zero-order valence-electron chi connectivity index (χ0n) is 15.8. The number of hydrogen-bond acceptors (Lipinski definition) is 4. The van der Waals surface area contributed by atoms with Crippen LogP contribution in [0, 0.1) is 5.82 Å². The summed E-state index contributed by atoms with van der Waals surface area (Å²) in [6.07, 6.45) is 1.74. The summed E-state index contributed by atoms with van der Waals surface area (Å²) in [7, 11) is 3.46. The van der Waals surface area contributed by atoms with Gasteiger partial charge in [0.05, 0.1) is 13.1 Å². The van der Waals surface area contributed by atoms with Crippen LogP contribution in [0.15, 0.2) is 58.7 Å². The third kappa shape index (κ3) is 4.51. The highest BCUT2D eigenvalue weighted by Gasteiger charge is 2.20. The van der Waals surface area contributed by atoms with Crippen LogP contribution in [0.1, 0.15) is 15.9 Å². The summed E-state index contributed by atoms with van der Waals surface area (Å²) in [5, 5.41) is 0.356. The molecule has 0 atom stereocenters. The van der Waals surface area contributed by atoms with Crippen LogP contribution in [0.4, 0.5) is 10.1 Å². The molecule has 7 heteroatoms. The molecule has 0 aromatic heterocycles. The standard InChI is InChI=1S/C21H22ClFN4O/c1-26(2)21(28)14-4-3-5-18(8-14)27-12-16(20(24)13-27)11-25-10-15-6-7-17(23)9-19(15)22/h3-9,11H,10,12-13,24H2,1-2H3. The third-order valence-corrected chi connectivity index (χ3v) is 4.88. The number of amides is 1. The van der Waals surface area contributed by atoms with E-state index < -0.39 is 0 Å². The van der Waals surface area contributed by atoms with E-state index in [4.69, 9.17) is 17.3 Å². The van der Waals surface area contributed by atoms with E-state index in [9.17, 15) is 9.18 Å². The zero-order valence-corrected chi connectivity index (χ0v) is 16.6. The molecule has 1 heterocycles. The topological polar surface area (TPSA) is 61.9 Å². The van der Waals surface area contributed by atoms with Crippen molar-refractivity contribution in [1.29, 1.82) is 0 Å². The maximum atomic E-state index is 13.1. The molecule has 0 saturated carbocycles. The second-order valence-electron chi connectivity index (χ2n) is 6.86. The summed E-state index contributed by atoms with van der Waals surface area (Å²) in [6.45, 7) is 1.52. The lowest BCUT2D eigenvalue weighted by Gasteiger charge is -2.19. The van der Waals surface area contributed by atoms with Crippen molar-refractivity contribution in [2.75, 3.05) is 32.1 Å². The maximum Gasteiger partial charge on any atom is 0.253 e. The Morgan fingerprint density at radius 1 is 1.29 bits per heavy atom. The van der Waals surface area contributed by atoms with Crippen LogP contribution in [0.3, 0.4) is 0 Å². The number of aliphatic imine (C=N–C) groups is 1. The molecule has 0 saturated heterocycles. The Morgan fingerprint density at radius 3 is 2.79 bits per heavy atom. The molecule has 28 heavy (non-hydrogen) atoms. The summed E-state index contributed by atoms with van der Waals surface area (Å²) in [6, 6.07) is 11.8. The Morgan fingerprint density at radius 2 is 2.07 bits per heavy atom. The van der Waals surface area contributed by atoms with Gasteiger partial charge in [0.1, 0.15) is 5.82 Å². The van der Waals surface area contributed by atoms with Crippen LogP contribution < -0.4 is 10.6 Å². The van der Waals surface area contributed by atoms with Crippen molar-refractivity contribution in [2.45, 2.75) is 6.54 Å². The number of halogens is 2. The van der Waals surface area contributed by atoms with Crippen LogP contribution in [0.5, 0.6) is 0 Å². The fourth-order valence-corrected chi connectivity index (χ4v) is 3.20. The van der Waals surface area contributed by atoms with E-state index in [0.29, 0.717) is 30.2 Å². The molecule has 3 rings (SSSR count). The molecule has 146 valence electrons. The number of hydrogen-bond donors (Lipinski definition) is 1. The minimum atomic E-state index is -0.369. The molecule has 2 aromatic carbocycles. The lowest BCUT2D eigenvalue weighted by atomic mass is 10.1. The van der Waals surface area contributed by atoms with Crippen molar-refractivity contribution >= 4 is 29.4 Å². The summed E-state index contributed by atoms with van der Waals surface area (Å²) in [5.74, 6) is -0.411. The van der Waals surface area contributed by atoms with Crippen LogP contribution in [0.2, 0.25) is 5.02 Å². The molecular formula is C21H22ClFN4O. The van der Waals surface area contributed by atoms with Gasteiger partial charge in [0.2, 0.25) is 0 Å². The highest BCUT2D eigenvalue weighted by molar-refractivity contribution is 6.31. The number of anilines is 1. The van der Waals surface area contributed by atoms with Crippen LogP contribution in [-0.4, -0.2) is 44.2 Å². The first-order chi connectivity index (χ1) is 13.3. The van der Waals surface area contributed by atoms with Crippen molar-refractivity contribution < 1.29 is 9.18 Å². The average molecular weight is 401 g/mol. The Balaban J connectivity index is 1.67. The van der Waals surface area contributed by atoms with Crippen molar-refractivity contribution in [1.82, 2.24) is 4.90 Å². The van der Waals surface area contributed by atoms with Gasteiger partial charge in [-0.1, -0.05) is 23.7 Å². The monoisotopic (exact) mass is 400 g/mol. The molecule has 0 fully saturated rings. The molecule has 1 aliphatic rings. The number of nitrogens with two attached hydrogens (primary N) is 1. The van der Waals surface area contributed by atoms with E-state index in [2.05, 4.69) is 9.89 Å². The van der Waals surface area contributed by atoms with E-state index in [1.807, 2.05) is 18.2 Å². The van der Waals surface area contributed by atoms with Crippen LogP contribution >= 0.6 is 11.6 Å². The molecule has 0 spiro atoms. The number of nitrogens with zero attached hydrogens (tertiary/aromatic N) is 3. The van der Waals surface area contributed by atoms with Gasteiger partial charge >= 0.3 is 0 Å². The van der Waals surface area contributed by atoms with Gasteiger partial charge in [-0.3, -0.25) is 9.79 Å². The number of carbonyl (C=O) groups is 1. The van der Waals surface area contributed by atoms with Crippen LogP contribution in [0.25, 0.3) is 0 Å². The second kappa shape index (κ2) is 8.44. The molecule has 1 aliphatic heterocycles. The van der Waals surface area contributed by atoms with Gasteiger partial charge in [-0.15, -0.1) is 0 Å². The largest absolute Gasteiger partial charge is 0.400 e. The average Bonchev–Trinajstić information content (AvgIpc) is 3.03. The van der Waals surface area contributed by atoms with E-state index in [-0.39, 0.29) is 11.7 Å².